The Morgan fingerprint density at radius 1 is 0.929 bits per heavy atom. The Hall–Kier alpha value is -3.27. The van der Waals surface area contributed by atoms with Crippen molar-refractivity contribution < 1.29 is 9.53 Å². The average molecular weight is 372 g/mol. The van der Waals surface area contributed by atoms with Crippen molar-refractivity contribution >= 4 is 11.6 Å². The highest BCUT2D eigenvalue weighted by Crippen LogP contribution is 2.36. The first-order valence-electron chi connectivity index (χ1n) is 9.70. The number of fused-ring (bicyclic) bond motifs is 1. The van der Waals surface area contributed by atoms with Crippen molar-refractivity contribution in [2.45, 2.75) is 19.5 Å². The van der Waals surface area contributed by atoms with Gasteiger partial charge in [0.1, 0.15) is 11.9 Å². The van der Waals surface area contributed by atoms with Crippen molar-refractivity contribution in [3.63, 3.8) is 0 Å². The molecule has 1 amide bonds. The smallest absolute Gasteiger partial charge is 0.255 e. The van der Waals surface area contributed by atoms with Gasteiger partial charge in [0.25, 0.3) is 5.91 Å². The minimum absolute atomic E-state index is 0.0529. The summed E-state index contributed by atoms with van der Waals surface area (Å²) in [6.45, 7) is 3.34. The van der Waals surface area contributed by atoms with E-state index < -0.39 is 0 Å². The highest BCUT2D eigenvalue weighted by molar-refractivity contribution is 6.02. The van der Waals surface area contributed by atoms with E-state index in [2.05, 4.69) is 34.5 Å². The molecular weight excluding hydrogens is 348 g/mol. The summed E-state index contributed by atoms with van der Waals surface area (Å²) >= 11 is 0. The second-order valence-corrected chi connectivity index (χ2v) is 6.79. The van der Waals surface area contributed by atoms with Gasteiger partial charge in [0.15, 0.2) is 0 Å². The van der Waals surface area contributed by atoms with Crippen LogP contribution in [-0.4, -0.2) is 19.1 Å². The highest BCUT2D eigenvalue weighted by Gasteiger charge is 2.32. The normalized spacial score (nSPS) is 15.7. The van der Waals surface area contributed by atoms with Crippen LogP contribution in [-0.2, 0) is 6.42 Å². The molecule has 3 aromatic rings. The van der Waals surface area contributed by atoms with Gasteiger partial charge < -0.3 is 15.0 Å². The van der Waals surface area contributed by atoms with Crippen LogP contribution < -0.4 is 15.0 Å². The number of anilines is 1. The second-order valence-electron chi connectivity index (χ2n) is 6.79. The molecule has 0 spiro atoms. The number of nitrogens with zero attached hydrogens (tertiary/aromatic N) is 1. The summed E-state index contributed by atoms with van der Waals surface area (Å²) < 4.78 is 5.85. The van der Waals surface area contributed by atoms with Gasteiger partial charge >= 0.3 is 0 Å². The van der Waals surface area contributed by atoms with Gasteiger partial charge in [-0.05, 0) is 37.1 Å². The third kappa shape index (κ3) is 3.58. The van der Waals surface area contributed by atoms with E-state index in [1.807, 2.05) is 61.5 Å². The van der Waals surface area contributed by atoms with Crippen molar-refractivity contribution in [1.29, 1.82) is 0 Å². The molecule has 4 nitrogen and oxygen atoms in total. The Labute approximate surface area is 165 Å². The van der Waals surface area contributed by atoms with Crippen LogP contribution in [0.2, 0.25) is 0 Å². The lowest BCUT2D eigenvalue weighted by Crippen LogP contribution is -2.47. The van der Waals surface area contributed by atoms with Crippen molar-refractivity contribution in [3.05, 3.63) is 95.6 Å². The number of benzene rings is 3. The number of hydrogen-bond donors (Lipinski definition) is 1. The topological polar surface area (TPSA) is 41.6 Å². The molecule has 1 unspecified atom stereocenters. The number of rotatable bonds is 6. The molecule has 142 valence electrons. The van der Waals surface area contributed by atoms with Crippen LogP contribution in [0.4, 0.5) is 5.69 Å². The molecule has 1 N–H and O–H groups in total. The standard InChI is InChI=1S/C24H24N2O2/c1-2-28-22-15-9-7-13-20(22)23-25-24(27)19-12-6-8-14-21(19)26(23)17-16-18-10-4-3-5-11-18/h3-15,23H,2,16-17H2,1H3,(H,25,27). The molecule has 4 rings (SSSR count). The molecule has 0 bridgehead atoms. The lowest BCUT2D eigenvalue weighted by Gasteiger charge is -2.39. The van der Waals surface area contributed by atoms with Gasteiger partial charge in [0.05, 0.1) is 17.9 Å². The van der Waals surface area contributed by atoms with Crippen LogP contribution >= 0.6 is 0 Å². The number of hydrogen-bond acceptors (Lipinski definition) is 3. The maximum Gasteiger partial charge on any atom is 0.255 e. The van der Waals surface area contributed by atoms with E-state index >= 15 is 0 Å². The summed E-state index contributed by atoms with van der Waals surface area (Å²) in [7, 11) is 0. The van der Waals surface area contributed by atoms with Crippen molar-refractivity contribution in [1.82, 2.24) is 5.32 Å². The third-order valence-corrected chi connectivity index (χ3v) is 5.04. The third-order valence-electron chi connectivity index (χ3n) is 5.04. The first-order chi connectivity index (χ1) is 13.8. The molecule has 0 aliphatic carbocycles. The predicted octanol–water partition coefficient (Wildman–Crippen LogP) is 4.58. The van der Waals surface area contributed by atoms with E-state index in [1.54, 1.807) is 0 Å². The highest BCUT2D eigenvalue weighted by atomic mass is 16.5. The van der Waals surface area contributed by atoms with Gasteiger partial charge in [-0.25, -0.2) is 0 Å². The number of carbonyl (C=O) groups is 1. The monoisotopic (exact) mass is 372 g/mol. The van der Waals surface area contributed by atoms with E-state index in [0.29, 0.717) is 12.2 Å². The average Bonchev–Trinajstić information content (AvgIpc) is 2.74. The molecule has 1 heterocycles. The Bertz CT molecular complexity index is 956. The minimum Gasteiger partial charge on any atom is -0.493 e. The van der Waals surface area contributed by atoms with Crippen LogP contribution in [0, 0.1) is 0 Å². The number of para-hydroxylation sites is 2. The quantitative estimate of drug-likeness (QED) is 0.689. The summed E-state index contributed by atoms with van der Waals surface area (Å²) in [4.78, 5) is 15.0. The Balaban J connectivity index is 1.72. The number of amides is 1. The minimum atomic E-state index is -0.270. The fourth-order valence-electron chi connectivity index (χ4n) is 3.72. The Kier molecular flexibility index (Phi) is 5.29. The summed E-state index contributed by atoms with van der Waals surface area (Å²) in [6, 6.07) is 26.1. The lowest BCUT2D eigenvalue weighted by molar-refractivity contribution is 0.0926. The second kappa shape index (κ2) is 8.17. The van der Waals surface area contributed by atoms with Gasteiger partial charge in [0.2, 0.25) is 0 Å². The van der Waals surface area contributed by atoms with Crippen LogP contribution in [0.3, 0.4) is 0 Å². The summed E-state index contributed by atoms with van der Waals surface area (Å²) in [5.41, 5.74) is 3.91. The molecule has 4 heteroatoms. The van der Waals surface area contributed by atoms with Crippen LogP contribution in [0.15, 0.2) is 78.9 Å². The van der Waals surface area contributed by atoms with E-state index in [9.17, 15) is 4.79 Å². The van der Waals surface area contributed by atoms with Gasteiger partial charge in [-0.1, -0.05) is 60.7 Å². The zero-order valence-corrected chi connectivity index (χ0v) is 16.0. The van der Waals surface area contributed by atoms with Crippen LogP contribution in [0.5, 0.6) is 5.75 Å². The lowest BCUT2D eigenvalue weighted by atomic mass is 10.0. The molecule has 0 aromatic heterocycles. The maximum absolute atomic E-state index is 12.8. The van der Waals surface area contributed by atoms with Crippen molar-refractivity contribution in [3.8, 4) is 5.75 Å². The number of nitrogens with one attached hydrogen (secondary N) is 1. The Morgan fingerprint density at radius 3 is 2.46 bits per heavy atom. The van der Waals surface area contributed by atoms with Crippen LogP contribution in [0.25, 0.3) is 0 Å². The zero-order chi connectivity index (χ0) is 19.3. The van der Waals surface area contributed by atoms with E-state index in [0.717, 1.165) is 30.0 Å². The summed E-state index contributed by atoms with van der Waals surface area (Å²) in [6.07, 6.45) is 0.618. The molecule has 0 saturated carbocycles. The van der Waals surface area contributed by atoms with Gasteiger partial charge in [-0.15, -0.1) is 0 Å². The molecule has 3 aromatic carbocycles. The maximum atomic E-state index is 12.8. The molecule has 1 aliphatic heterocycles. The summed E-state index contributed by atoms with van der Waals surface area (Å²) in [5.74, 6) is 0.752. The van der Waals surface area contributed by atoms with Crippen molar-refractivity contribution in [2.75, 3.05) is 18.1 Å². The first-order valence-corrected chi connectivity index (χ1v) is 9.70. The first kappa shape index (κ1) is 18.1. The van der Waals surface area contributed by atoms with Crippen molar-refractivity contribution in [2.24, 2.45) is 0 Å². The van der Waals surface area contributed by atoms with E-state index in [-0.39, 0.29) is 12.1 Å². The van der Waals surface area contributed by atoms with Gasteiger partial charge in [-0.2, -0.15) is 0 Å². The van der Waals surface area contributed by atoms with E-state index in [4.69, 9.17) is 4.74 Å². The summed E-state index contributed by atoms with van der Waals surface area (Å²) in [5, 5.41) is 3.18. The number of ether oxygens (including phenoxy) is 1. The largest absolute Gasteiger partial charge is 0.493 e. The molecule has 1 atom stereocenters. The zero-order valence-electron chi connectivity index (χ0n) is 16.0. The fourth-order valence-corrected chi connectivity index (χ4v) is 3.72. The molecule has 0 saturated heterocycles. The molecule has 0 radical (unpaired) electrons. The Morgan fingerprint density at radius 2 is 1.64 bits per heavy atom. The molecule has 28 heavy (non-hydrogen) atoms. The molecule has 1 aliphatic rings. The van der Waals surface area contributed by atoms with E-state index in [1.165, 1.54) is 5.56 Å². The van der Waals surface area contributed by atoms with Gasteiger partial charge in [0, 0.05) is 12.1 Å². The SMILES string of the molecule is CCOc1ccccc1C1NC(=O)c2ccccc2N1CCc1ccccc1. The molecular formula is C24H24N2O2. The van der Waals surface area contributed by atoms with Crippen LogP contribution in [0.1, 0.15) is 34.6 Å². The number of carbonyl (C=O) groups excluding carboxylic acids is 1. The predicted molar refractivity (Wildman–Crippen MR) is 112 cm³/mol. The van der Waals surface area contributed by atoms with Gasteiger partial charge in [-0.3, -0.25) is 4.79 Å². The molecule has 0 fully saturated rings. The fraction of sp³-hybridized carbons (Fsp3) is 0.208.